The molecule has 0 saturated carbocycles. The maximum Gasteiger partial charge on any atom is 0.112 e. The molecule has 0 nitrogen and oxygen atoms in total. The molecule has 1 heterocycles. The molecule has 30 valence electrons. The van der Waals surface area contributed by atoms with Crippen LogP contribution in [-0.2, 0) is 10.9 Å². The van der Waals surface area contributed by atoms with Gasteiger partial charge in [-0.1, -0.05) is 0 Å². The van der Waals surface area contributed by atoms with E-state index in [1.54, 1.807) is 0 Å². The number of hydrogen-bond donors (Lipinski definition) is 0. The Morgan fingerprint density at radius 2 is 1.80 bits per heavy atom. The lowest BCUT2D eigenvalue weighted by atomic mass is 10.5. The topological polar surface area (TPSA) is 0 Å². The Kier molecular flexibility index (Phi) is 0.856. The summed E-state index contributed by atoms with van der Waals surface area (Å²) in [6.45, 7) is 0. The third-order valence-corrected chi connectivity index (χ3v) is 2.96. The molecule has 1 rings (SSSR count). The molecule has 0 aliphatic carbocycles. The van der Waals surface area contributed by atoms with Gasteiger partial charge in [-0.15, -0.1) is 0 Å². The van der Waals surface area contributed by atoms with Crippen molar-refractivity contribution < 1.29 is 0 Å². The third-order valence-electron chi connectivity index (χ3n) is 0.986. The van der Waals surface area contributed by atoms with Crippen LogP contribution in [0.4, 0.5) is 0 Å². The van der Waals surface area contributed by atoms with Gasteiger partial charge in [0.1, 0.15) is 11.5 Å². The van der Waals surface area contributed by atoms with Crippen LogP contribution in [0.15, 0.2) is 0 Å². The molecule has 0 unspecified atom stereocenters. The summed E-state index contributed by atoms with van der Waals surface area (Å²) in [5.74, 6) is 3.03. The first-order valence-corrected chi connectivity index (χ1v) is 3.96. The van der Waals surface area contributed by atoms with Gasteiger partial charge in [0, 0.05) is 6.42 Å². The largest absolute Gasteiger partial charge is 0.112 e. The average Bonchev–Trinajstić information content (AvgIpc) is 1.30. The number of rotatable bonds is 0. The first-order valence-electron chi connectivity index (χ1n) is 1.99. The van der Waals surface area contributed by atoms with Crippen LogP contribution in [0.2, 0.25) is 0 Å². The first-order chi connectivity index (χ1) is 2.39. The molecule has 0 aromatic heterocycles. The number of hydrogen-bond acceptors (Lipinski definition) is 0. The van der Waals surface area contributed by atoms with E-state index >= 15 is 0 Å². The molecular weight excluding hydrogens is 80.1 g/mol. The minimum absolute atomic E-state index is 0.858. The lowest BCUT2D eigenvalue weighted by molar-refractivity contribution is 1.04. The molecule has 0 amide bonds. The van der Waals surface area contributed by atoms with Gasteiger partial charge in [-0.25, -0.2) is 0 Å². The zero-order valence-corrected chi connectivity index (χ0v) is 4.35. The Morgan fingerprint density at radius 3 is 1.80 bits per heavy atom. The molecule has 1 aliphatic heterocycles. The monoisotopic (exact) mass is 89.0 g/mol. The Morgan fingerprint density at radius 1 is 1.40 bits per heavy atom. The molecule has 0 radical (unpaired) electrons. The summed E-state index contributed by atoms with van der Waals surface area (Å²) in [5.41, 5.74) is 0. The second kappa shape index (κ2) is 1.21. The van der Waals surface area contributed by atoms with Crippen LogP contribution in [0.3, 0.4) is 0 Å². The van der Waals surface area contributed by atoms with Gasteiger partial charge in [0.05, 0.1) is 6.26 Å². The van der Waals surface area contributed by atoms with Crippen LogP contribution in [0.5, 0.6) is 0 Å². The minimum atomic E-state index is 0.858. The van der Waals surface area contributed by atoms with Crippen molar-refractivity contribution in [3.05, 3.63) is 0 Å². The molecule has 0 atom stereocenters. The van der Waals surface area contributed by atoms with Crippen molar-refractivity contribution in [3.63, 3.8) is 0 Å². The van der Waals surface area contributed by atoms with E-state index in [1.807, 2.05) is 0 Å². The fraction of sp³-hybridized carbons (Fsp3) is 1.00. The fourth-order valence-electron chi connectivity index (χ4n) is 0.433. The predicted molar refractivity (Wildman–Crippen MR) is 27.6 cm³/mol. The molecule has 0 aromatic carbocycles. The zero-order valence-electron chi connectivity index (χ0n) is 3.53. The average molecular weight is 89.2 g/mol. The Bertz CT molecular complexity index is 30.6. The molecule has 5 heavy (non-hydrogen) atoms. The summed E-state index contributed by atoms with van der Waals surface area (Å²) in [7, 11) is 0.858. The van der Waals surface area contributed by atoms with Crippen LogP contribution in [0.1, 0.15) is 6.42 Å². The highest BCUT2D eigenvalue weighted by Crippen LogP contribution is 2.07. The van der Waals surface area contributed by atoms with Gasteiger partial charge in [0.25, 0.3) is 0 Å². The second-order valence-electron chi connectivity index (χ2n) is 1.54. The minimum Gasteiger partial charge on any atom is -0.0155 e. The van der Waals surface area contributed by atoms with E-state index in [-0.39, 0.29) is 0 Å². The van der Waals surface area contributed by atoms with E-state index in [0.717, 1.165) is 10.9 Å². The van der Waals surface area contributed by atoms with Crippen LogP contribution in [-0.4, -0.2) is 17.8 Å². The smallest absolute Gasteiger partial charge is 0.0155 e. The Balaban J connectivity index is 2.08. The summed E-state index contributed by atoms with van der Waals surface area (Å²) in [6.07, 6.45) is 3.84. The lowest BCUT2D eigenvalue weighted by Crippen LogP contribution is -2.21. The van der Waals surface area contributed by atoms with Gasteiger partial charge in [0.2, 0.25) is 0 Å². The van der Waals surface area contributed by atoms with E-state index in [9.17, 15) is 0 Å². The lowest BCUT2D eigenvalue weighted by Gasteiger charge is -2.08. The predicted octanol–water partition coefficient (Wildman–Crippen LogP) is 0.638. The van der Waals surface area contributed by atoms with Crippen LogP contribution in [0, 0.1) is 0 Å². The third kappa shape index (κ3) is 0.596. The molecular formula is C4H9S+. The summed E-state index contributed by atoms with van der Waals surface area (Å²) in [5, 5.41) is 0. The van der Waals surface area contributed by atoms with Crippen molar-refractivity contribution in [2.45, 2.75) is 6.42 Å². The second-order valence-corrected chi connectivity index (χ2v) is 3.92. The van der Waals surface area contributed by atoms with Crippen molar-refractivity contribution in [2.24, 2.45) is 0 Å². The molecule has 1 fully saturated rings. The molecule has 0 N–H and O–H groups in total. The molecule has 0 aromatic rings. The first kappa shape index (κ1) is 3.54. The molecule has 0 spiro atoms. The van der Waals surface area contributed by atoms with Crippen LogP contribution < -0.4 is 0 Å². The highest BCUT2D eigenvalue weighted by molar-refractivity contribution is 7.97. The van der Waals surface area contributed by atoms with E-state index in [2.05, 4.69) is 6.26 Å². The van der Waals surface area contributed by atoms with Gasteiger partial charge in [-0.05, 0) is 10.9 Å². The highest BCUT2D eigenvalue weighted by atomic mass is 32.2. The standard InChI is InChI=1S/C4H9S/c1-5-3-2-4-5/h2-4H2,1H3/q+1. The molecule has 0 bridgehead atoms. The maximum absolute atomic E-state index is 2.34. The Labute approximate surface area is 35.9 Å². The summed E-state index contributed by atoms with van der Waals surface area (Å²) in [6, 6.07) is 0. The van der Waals surface area contributed by atoms with Crippen molar-refractivity contribution in [1.82, 2.24) is 0 Å². The maximum atomic E-state index is 2.34. The van der Waals surface area contributed by atoms with Gasteiger partial charge in [-0.2, -0.15) is 0 Å². The fourth-order valence-corrected chi connectivity index (χ4v) is 1.30. The SMILES string of the molecule is C[S+]1CCC1. The van der Waals surface area contributed by atoms with Gasteiger partial charge >= 0.3 is 0 Å². The van der Waals surface area contributed by atoms with Crippen molar-refractivity contribution in [3.8, 4) is 0 Å². The van der Waals surface area contributed by atoms with E-state index in [4.69, 9.17) is 0 Å². The summed E-state index contributed by atoms with van der Waals surface area (Å²) in [4.78, 5) is 0. The zero-order chi connectivity index (χ0) is 3.70. The van der Waals surface area contributed by atoms with E-state index in [0.29, 0.717) is 0 Å². The quantitative estimate of drug-likeness (QED) is 0.382. The highest BCUT2D eigenvalue weighted by Gasteiger charge is 2.20. The molecule has 1 heteroatoms. The Hall–Kier alpha value is 0.350. The van der Waals surface area contributed by atoms with Crippen molar-refractivity contribution in [2.75, 3.05) is 17.8 Å². The molecule has 1 saturated heterocycles. The van der Waals surface area contributed by atoms with Crippen LogP contribution >= 0.6 is 0 Å². The summed E-state index contributed by atoms with van der Waals surface area (Å²) < 4.78 is 0. The van der Waals surface area contributed by atoms with Gasteiger partial charge < -0.3 is 0 Å². The van der Waals surface area contributed by atoms with Crippen LogP contribution in [0.25, 0.3) is 0 Å². The van der Waals surface area contributed by atoms with E-state index < -0.39 is 0 Å². The van der Waals surface area contributed by atoms with Gasteiger partial charge in [0.15, 0.2) is 0 Å². The molecule has 1 aliphatic rings. The van der Waals surface area contributed by atoms with E-state index in [1.165, 1.54) is 17.9 Å². The van der Waals surface area contributed by atoms with Gasteiger partial charge in [-0.3, -0.25) is 0 Å². The summed E-state index contributed by atoms with van der Waals surface area (Å²) >= 11 is 0. The van der Waals surface area contributed by atoms with Crippen molar-refractivity contribution >= 4 is 10.9 Å². The normalized spacial score (nSPS) is 25.8. The van der Waals surface area contributed by atoms with Crippen molar-refractivity contribution in [1.29, 1.82) is 0 Å².